The average molecular weight is 499 g/mol. The van der Waals surface area contributed by atoms with Crippen LogP contribution in [0.4, 0.5) is 17.6 Å². The van der Waals surface area contributed by atoms with Gasteiger partial charge < -0.3 is 9.47 Å². The number of ether oxygens (including phenoxy) is 2. The standard InChI is InChI=1S/C30H30F4O2/c1-3-5-19-6-8-20(9-7-19)24-15-12-22(27(31)28(24)32)18-36-23-13-10-21(11-14-23)25-16-17-26(35-4-2)30(34)29(25)33/h3,5,10-17,19-20H,4,6-9,18H2,1-2H3. The zero-order valence-corrected chi connectivity index (χ0v) is 20.5. The third kappa shape index (κ3) is 5.58. The summed E-state index contributed by atoms with van der Waals surface area (Å²) in [6.07, 6.45) is 7.87. The summed E-state index contributed by atoms with van der Waals surface area (Å²) in [4.78, 5) is 0. The van der Waals surface area contributed by atoms with Crippen LogP contribution < -0.4 is 9.47 Å². The first-order valence-corrected chi connectivity index (χ1v) is 12.4. The van der Waals surface area contributed by atoms with Crippen LogP contribution in [0.3, 0.4) is 0 Å². The van der Waals surface area contributed by atoms with E-state index in [1.807, 2.05) is 13.0 Å². The Morgan fingerprint density at radius 2 is 1.50 bits per heavy atom. The van der Waals surface area contributed by atoms with Gasteiger partial charge >= 0.3 is 0 Å². The van der Waals surface area contributed by atoms with Crippen molar-refractivity contribution in [3.05, 3.63) is 95.1 Å². The highest BCUT2D eigenvalue weighted by Gasteiger charge is 2.25. The quantitative estimate of drug-likeness (QED) is 0.228. The first kappa shape index (κ1) is 25.8. The van der Waals surface area contributed by atoms with Gasteiger partial charge in [0, 0.05) is 11.1 Å². The topological polar surface area (TPSA) is 18.5 Å². The second-order valence-corrected chi connectivity index (χ2v) is 9.06. The van der Waals surface area contributed by atoms with Crippen molar-refractivity contribution in [3.8, 4) is 22.6 Å². The molecule has 0 bridgehead atoms. The number of hydrogen-bond donors (Lipinski definition) is 0. The van der Waals surface area contributed by atoms with Gasteiger partial charge in [-0.3, -0.25) is 0 Å². The van der Waals surface area contributed by atoms with Crippen LogP contribution in [0.2, 0.25) is 0 Å². The highest BCUT2D eigenvalue weighted by atomic mass is 19.2. The monoisotopic (exact) mass is 498 g/mol. The summed E-state index contributed by atoms with van der Waals surface area (Å²) in [7, 11) is 0. The van der Waals surface area contributed by atoms with E-state index >= 15 is 0 Å². The molecule has 1 aliphatic rings. The first-order valence-electron chi connectivity index (χ1n) is 12.4. The molecule has 0 radical (unpaired) electrons. The molecule has 0 spiro atoms. The van der Waals surface area contributed by atoms with Gasteiger partial charge in [0.25, 0.3) is 0 Å². The molecule has 3 aromatic rings. The van der Waals surface area contributed by atoms with Crippen molar-refractivity contribution in [3.63, 3.8) is 0 Å². The second kappa shape index (κ2) is 11.6. The van der Waals surface area contributed by atoms with Crippen LogP contribution in [-0.2, 0) is 6.61 Å². The maximum atomic E-state index is 14.9. The molecule has 4 rings (SSSR count). The number of hydrogen-bond acceptors (Lipinski definition) is 2. The van der Waals surface area contributed by atoms with E-state index in [4.69, 9.17) is 9.47 Å². The summed E-state index contributed by atoms with van der Waals surface area (Å²) >= 11 is 0. The van der Waals surface area contributed by atoms with E-state index in [2.05, 4.69) is 6.08 Å². The molecule has 0 heterocycles. The zero-order chi connectivity index (χ0) is 25.7. The fourth-order valence-corrected chi connectivity index (χ4v) is 4.84. The molecular weight excluding hydrogens is 468 g/mol. The Hall–Kier alpha value is -3.28. The molecule has 0 aromatic heterocycles. The SMILES string of the molecule is CC=CC1CCC(c2ccc(COc3ccc(-c4ccc(OCC)c(F)c4F)cc3)c(F)c2F)CC1. The minimum atomic E-state index is -1.04. The molecule has 1 aliphatic carbocycles. The summed E-state index contributed by atoms with van der Waals surface area (Å²) in [5.74, 6) is -2.92. The number of allylic oxidation sites excluding steroid dienone is 2. The second-order valence-electron chi connectivity index (χ2n) is 9.06. The summed E-state index contributed by atoms with van der Waals surface area (Å²) < 4.78 is 69.1. The van der Waals surface area contributed by atoms with Gasteiger partial charge in [-0.1, -0.05) is 36.4 Å². The van der Waals surface area contributed by atoms with Crippen molar-refractivity contribution in [1.82, 2.24) is 0 Å². The van der Waals surface area contributed by atoms with E-state index in [9.17, 15) is 17.6 Å². The largest absolute Gasteiger partial charge is 0.491 e. The predicted octanol–water partition coefficient (Wildman–Crippen LogP) is 8.74. The van der Waals surface area contributed by atoms with Gasteiger partial charge in [0.1, 0.15) is 12.4 Å². The summed E-state index contributed by atoms with van der Waals surface area (Å²) in [5, 5.41) is 0. The van der Waals surface area contributed by atoms with Gasteiger partial charge in [0.05, 0.1) is 6.61 Å². The van der Waals surface area contributed by atoms with Gasteiger partial charge in [-0.05, 0) is 86.8 Å². The van der Waals surface area contributed by atoms with Crippen LogP contribution >= 0.6 is 0 Å². The van der Waals surface area contributed by atoms with E-state index < -0.39 is 23.3 Å². The van der Waals surface area contributed by atoms with Crippen molar-refractivity contribution in [2.45, 2.75) is 52.1 Å². The predicted molar refractivity (Wildman–Crippen MR) is 133 cm³/mol. The van der Waals surface area contributed by atoms with E-state index in [0.717, 1.165) is 25.7 Å². The maximum absolute atomic E-state index is 14.9. The Kier molecular flexibility index (Phi) is 8.34. The Labute approximate surface area is 209 Å². The zero-order valence-electron chi connectivity index (χ0n) is 20.5. The lowest BCUT2D eigenvalue weighted by molar-refractivity contribution is 0.296. The number of benzene rings is 3. The normalized spacial score (nSPS) is 17.9. The minimum Gasteiger partial charge on any atom is -0.491 e. The molecule has 1 saturated carbocycles. The van der Waals surface area contributed by atoms with Gasteiger partial charge in [0.15, 0.2) is 23.2 Å². The van der Waals surface area contributed by atoms with E-state index in [-0.39, 0.29) is 36.0 Å². The van der Waals surface area contributed by atoms with Crippen LogP contribution in [0.25, 0.3) is 11.1 Å². The van der Waals surface area contributed by atoms with Crippen LogP contribution in [0, 0.1) is 29.2 Å². The molecule has 0 N–H and O–H groups in total. The maximum Gasteiger partial charge on any atom is 0.201 e. The molecule has 0 saturated heterocycles. The Balaban J connectivity index is 1.41. The summed E-state index contributed by atoms with van der Waals surface area (Å²) in [6, 6.07) is 12.4. The molecule has 190 valence electrons. The summed E-state index contributed by atoms with van der Waals surface area (Å²) in [5.41, 5.74) is 1.10. The van der Waals surface area contributed by atoms with Crippen molar-refractivity contribution >= 4 is 0 Å². The van der Waals surface area contributed by atoms with Gasteiger partial charge in [0.2, 0.25) is 5.82 Å². The lowest BCUT2D eigenvalue weighted by Gasteiger charge is -2.27. The van der Waals surface area contributed by atoms with Crippen molar-refractivity contribution in [2.75, 3.05) is 6.61 Å². The molecule has 1 fully saturated rings. The van der Waals surface area contributed by atoms with Crippen LogP contribution in [0.5, 0.6) is 11.5 Å². The minimum absolute atomic E-state index is 0.0244. The summed E-state index contributed by atoms with van der Waals surface area (Å²) in [6.45, 7) is 3.77. The lowest BCUT2D eigenvalue weighted by Crippen LogP contribution is -2.14. The number of rotatable bonds is 8. The molecule has 2 nitrogen and oxygen atoms in total. The molecule has 3 aromatic carbocycles. The molecule has 0 aliphatic heterocycles. The van der Waals surface area contributed by atoms with Crippen molar-refractivity contribution in [2.24, 2.45) is 5.92 Å². The van der Waals surface area contributed by atoms with Crippen molar-refractivity contribution < 1.29 is 27.0 Å². The fourth-order valence-electron chi connectivity index (χ4n) is 4.84. The van der Waals surface area contributed by atoms with E-state index in [0.29, 0.717) is 22.8 Å². The highest BCUT2D eigenvalue weighted by Crippen LogP contribution is 2.38. The smallest absolute Gasteiger partial charge is 0.201 e. The third-order valence-corrected chi connectivity index (χ3v) is 6.77. The average Bonchev–Trinajstić information content (AvgIpc) is 2.89. The van der Waals surface area contributed by atoms with E-state index in [1.54, 1.807) is 43.3 Å². The van der Waals surface area contributed by atoms with Crippen molar-refractivity contribution in [1.29, 1.82) is 0 Å². The van der Waals surface area contributed by atoms with Gasteiger partial charge in [-0.15, -0.1) is 0 Å². The van der Waals surface area contributed by atoms with Crippen LogP contribution in [-0.4, -0.2) is 6.61 Å². The Bertz CT molecular complexity index is 1210. The third-order valence-electron chi connectivity index (χ3n) is 6.77. The van der Waals surface area contributed by atoms with Crippen LogP contribution in [0.1, 0.15) is 56.6 Å². The molecular formula is C30H30F4O2. The highest BCUT2D eigenvalue weighted by molar-refractivity contribution is 5.66. The fraction of sp³-hybridized carbons (Fsp3) is 0.333. The first-order chi connectivity index (χ1) is 17.4. The molecule has 6 heteroatoms. The lowest BCUT2D eigenvalue weighted by atomic mass is 9.78. The van der Waals surface area contributed by atoms with Crippen LogP contribution in [0.15, 0.2) is 60.7 Å². The van der Waals surface area contributed by atoms with Gasteiger partial charge in [-0.25, -0.2) is 13.2 Å². The molecule has 0 unspecified atom stereocenters. The Morgan fingerprint density at radius 1 is 0.778 bits per heavy atom. The molecule has 0 amide bonds. The van der Waals surface area contributed by atoms with Gasteiger partial charge in [-0.2, -0.15) is 4.39 Å². The molecule has 36 heavy (non-hydrogen) atoms. The Morgan fingerprint density at radius 3 is 2.17 bits per heavy atom. The number of halogens is 4. The van der Waals surface area contributed by atoms with E-state index in [1.165, 1.54) is 12.1 Å². The molecule has 0 atom stereocenters.